The molecule has 0 saturated heterocycles. The van der Waals surface area contributed by atoms with E-state index in [-0.39, 0.29) is 17.2 Å². The first-order chi connectivity index (χ1) is 11.4. The molecule has 1 atom stereocenters. The summed E-state index contributed by atoms with van der Waals surface area (Å²) in [6.45, 7) is 1.68. The Bertz CT molecular complexity index is 629. The Morgan fingerprint density at radius 1 is 1.04 bits per heavy atom. The molecule has 4 aliphatic rings. The molecule has 4 saturated carbocycles. The third-order valence-electron chi connectivity index (χ3n) is 6.25. The molecule has 0 heterocycles. The largest absolute Gasteiger partial charge is 0.454 e. The Balaban J connectivity index is 1.46. The summed E-state index contributed by atoms with van der Waals surface area (Å²) in [5.41, 5.74) is 0.216. The van der Waals surface area contributed by atoms with Gasteiger partial charge in [0.15, 0.2) is 6.10 Å². The van der Waals surface area contributed by atoms with E-state index in [2.05, 4.69) is 0 Å². The van der Waals surface area contributed by atoms with E-state index >= 15 is 0 Å². The molecule has 24 heavy (non-hydrogen) atoms. The zero-order valence-electron chi connectivity index (χ0n) is 14.0. The van der Waals surface area contributed by atoms with Crippen LogP contribution in [-0.4, -0.2) is 17.9 Å². The maximum Gasteiger partial charge on any atom is 0.312 e. The molecule has 0 aromatic heterocycles. The number of ketones is 1. The Labute approximate surface area is 147 Å². The van der Waals surface area contributed by atoms with Crippen LogP contribution in [0.1, 0.15) is 55.8 Å². The Kier molecular flexibility index (Phi) is 3.95. The zero-order valence-corrected chi connectivity index (χ0v) is 14.7. The van der Waals surface area contributed by atoms with Gasteiger partial charge >= 0.3 is 5.97 Å². The average Bonchev–Trinajstić information content (AvgIpc) is 2.53. The van der Waals surface area contributed by atoms with Crippen molar-refractivity contribution in [3.05, 3.63) is 34.9 Å². The van der Waals surface area contributed by atoms with Crippen molar-refractivity contribution in [3.8, 4) is 0 Å². The molecule has 4 aliphatic carbocycles. The predicted octanol–water partition coefficient (Wildman–Crippen LogP) is 4.67. The van der Waals surface area contributed by atoms with Crippen LogP contribution in [0.3, 0.4) is 0 Å². The van der Waals surface area contributed by atoms with E-state index in [4.69, 9.17) is 16.3 Å². The lowest BCUT2D eigenvalue weighted by atomic mass is 9.49. The summed E-state index contributed by atoms with van der Waals surface area (Å²) in [5, 5.41) is 0.588. The summed E-state index contributed by atoms with van der Waals surface area (Å²) < 4.78 is 5.66. The molecule has 1 aromatic carbocycles. The van der Waals surface area contributed by atoms with Gasteiger partial charge in [-0.15, -0.1) is 0 Å². The Hall–Kier alpha value is -1.35. The molecule has 3 nitrogen and oxygen atoms in total. The normalized spacial score (nSPS) is 34.8. The van der Waals surface area contributed by atoms with Crippen molar-refractivity contribution >= 4 is 23.4 Å². The fraction of sp³-hybridized carbons (Fsp3) is 0.600. The fourth-order valence-corrected chi connectivity index (χ4v) is 5.67. The first-order valence-electron chi connectivity index (χ1n) is 8.96. The predicted molar refractivity (Wildman–Crippen MR) is 91.9 cm³/mol. The topological polar surface area (TPSA) is 43.4 Å². The number of halogens is 1. The van der Waals surface area contributed by atoms with E-state index in [1.165, 1.54) is 19.3 Å². The Morgan fingerprint density at radius 3 is 2.04 bits per heavy atom. The Morgan fingerprint density at radius 2 is 1.54 bits per heavy atom. The molecule has 4 bridgehead atoms. The van der Waals surface area contributed by atoms with Gasteiger partial charge in [-0.2, -0.15) is 0 Å². The van der Waals surface area contributed by atoms with Gasteiger partial charge in [0, 0.05) is 10.6 Å². The number of Topliss-reactive ketones (excluding diaryl/α,β-unsaturated/α-hetero) is 1. The van der Waals surface area contributed by atoms with Crippen LogP contribution in [-0.2, 0) is 9.53 Å². The van der Waals surface area contributed by atoms with E-state index in [9.17, 15) is 9.59 Å². The summed E-state index contributed by atoms with van der Waals surface area (Å²) in [6, 6.07) is 6.73. The standard InChI is InChI=1S/C20H23ClO3/c1-12(18(22)16-2-4-17(21)5-3-16)24-19(23)20-9-13-6-14(10-20)8-15(7-13)11-20/h2-5,12-15H,6-11H2,1H3/t12-,13?,14?,15?,20?/m0/s1. The molecule has 5 rings (SSSR count). The van der Waals surface area contributed by atoms with Crippen molar-refractivity contribution in [2.75, 3.05) is 0 Å². The lowest BCUT2D eigenvalue weighted by Crippen LogP contribution is -2.51. The fourth-order valence-electron chi connectivity index (χ4n) is 5.55. The van der Waals surface area contributed by atoms with E-state index in [0.29, 0.717) is 28.3 Å². The van der Waals surface area contributed by atoms with E-state index < -0.39 is 6.10 Å². The van der Waals surface area contributed by atoms with Gasteiger partial charge in [0.05, 0.1) is 5.41 Å². The van der Waals surface area contributed by atoms with Crippen LogP contribution in [0.15, 0.2) is 24.3 Å². The first-order valence-corrected chi connectivity index (χ1v) is 9.34. The third-order valence-corrected chi connectivity index (χ3v) is 6.51. The quantitative estimate of drug-likeness (QED) is 0.587. The SMILES string of the molecule is C[C@H](OC(=O)C12CC3CC(CC(C3)C1)C2)C(=O)c1ccc(Cl)cc1. The molecular formula is C20H23ClO3. The van der Waals surface area contributed by atoms with Crippen molar-refractivity contribution < 1.29 is 14.3 Å². The number of carbonyl (C=O) groups excluding carboxylic acids is 2. The number of ether oxygens (including phenoxy) is 1. The highest BCUT2D eigenvalue weighted by molar-refractivity contribution is 6.30. The van der Waals surface area contributed by atoms with Crippen LogP contribution in [0.25, 0.3) is 0 Å². The maximum absolute atomic E-state index is 12.9. The highest BCUT2D eigenvalue weighted by Crippen LogP contribution is 2.60. The third kappa shape index (κ3) is 2.77. The summed E-state index contributed by atoms with van der Waals surface area (Å²) in [6.07, 6.45) is 5.98. The van der Waals surface area contributed by atoms with Crippen LogP contribution in [0.5, 0.6) is 0 Å². The molecule has 4 heteroatoms. The molecule has 0 unspecified atom stereocenters. The molecule has 4 fully saturated rings. The highest BCUT2D eigenvalue weighted by Gasteiger charge is 2.55. The first kappa shape index (κ1) is 16.1. The summed E-state index contributed by atoms with van der Waals surface area (Å²) in [7, 11) is 0. The molecule has 0 N–H and O–H groups in total. The molecule has 1 aromatic rings. The maximum atomic E-state index is 12.9. The van der Waals surface area contributed by atoms with Gasteiger partial charge in [0.1, 0.15) is 0 Å². The number of benzene rings is 1. The van der Waals surface area contributed by atoms with Crippen LogP contribution in [0.4, 0.5) is 0 Å². The van der Waals surface area contributed by atoms with Crippen LogP contribution in [0, 0.1) is 23.2 Å². The number of carbonyl (C=O) groups is 2. The minimum atomic E-state index is -0.744. The van der Waals surface area contributed by atoms with Crippen molar-refractivity contribution in [1.82, 2.24) is 0 Å². The molecule has 128 valence electrons. The second-order valence-electron chi connectivity index (χ2n) is 8.12. The van der Waals surface area contributed by atoms with Gasteiger partial charge < -0.3 is 4.74 Å². The monoisotopic (exact) mass is 346 g/mol. The molecule has 0 amide bonds. The van der Waals surface area contributed by atoms with Gasteiger partial charge in [-0.1, -0.05) is 11.6 Å². The molecule has 0 spiro atoms. The second-order valence-corrected chi connectivity index (χ2v) is 8.55. The van der Waals surface area contributed by atoms with Crippen molar-refractivity contribution in [2.45, 2.75) is 51.6 Å². The lowest BCUT2D eigenvalue weighted by Gasteiger charge is -2.55. The zero-order chi connectivity index (χ0) is 16.9. The van der Waals surface area contributed by atoms with Crippen LogP contribution < -0.4 is 0 Å². The smallest absolute Gasteiger partial charge is 0.312 e. The van der Waals surface area contributed by atoms with Gasteiger partial charge in [-0.25, -0.2) is 0 Å². The molecule has 0 aliphatic heterocycles. The van der Waals surface area contributed by atoms with Gasteiger partial charge in [-0.3, -0.25) is 9.59 Å². The minimum absolute atomic E-state index is 0.142. The number of hydrogen-bond acceptors (Lipinski definition) is 3. The number of hydrogen-bond donors (Lipinski definition) is 0. The summed E-state index contributed by atoms with van der Waals surface area (Å²) in [5.74, 6) is 1.75. The minimum Gasteiger partial charge on any atom is -0.454 e. The van der Waals surface area contributed by atoms with Gasteiger partial charge in [-0.05, 0) is 87.5 Å². The van der Waals surface area contributed by atoms with Gasteiger partial charge in [0.2, 0.25) is 5.78 Å². The van der Waals surface area contributed by atoms with Crippen molar-refractivity contribution in [2.24, 2.45) is 23.2 Å². The van der Waals surface area contributed by atoms with Crippen LogP contribution in [0.2, 0.25) is 5.02 Å². The van der Waals surface area contributed by atoms with Crippen LogP contribution >= 0.6 is 11.6 Å². The van der Waals surface area contributed by atoms with E-state index in [1.807, 2.05) is 0 Å². The lowest BCUT2D eigenvalue weighted by molar-refractivity contribution is -0.174. The number of esters is 1. The summed E-state index contributed by atoms with van der Waals surface area (Å²) >= 11 is 5.86. The molecular weight excluding hydrogens is 324 g/mol. The average molecular weight is 347 g/mol. The van der Waals surface area contributed by atoms with Crippen molar-refractivity contribution in [1.29, 1.82) is 0 Å². The molecule has 0 radical (unpaired) electrons. The second kappa shape index (κ2) is 5.87. The van der Waals surface area contributed by atoms with E-state index in [0.717, 1.165) is 19.3 Å². The number of rotatable bonds is 4. The van der Waals surface area contributed by atoms with E-state index in [1.54, 1.807) is 31.2 Å². The van der Waals surface area contributed by atoms with Gasteiger partial charge in [0.25, 0.3) is 0 Å². The highest BCUT2D eigenvalue weighted by atomic mass is 35.5. The van der Waals surface area contributed by atoms with Crippen molar-refractivity contribution in [3.63, 3.8) is 0 Å². The summed E-state index contributed by atoms with van der Waals surface area (Å²) in [4.78, 5) is 25.4.